The number of nitrogens with one attached hydrogen (secondary N) is 2. The van der Waals surface area contributed by atoms with Gasteiger partial charge in [0.2, 0.25) is 5.91 Å². The molecule has 0 heterocycles. The lowest BCUT2D eigenvalue weighted by Crippen LogP contribution is -2.48. The summed E-state index contributed by atoms with van der Waals surface area (Å²) in [6.45, 7) is 3.08. The van der Waals surface area contributed by atoms with Gasteiger partial charge in [-0.1, -0.05) is 25.4 Å². The van der Waals surface area contributed by atoms with Crippen molar-refractivity contribution >= 4 is 29.4 Å². The molecular weight excluding hydrogens is 296 g/mol. The summed E-state index contributed by atoms with van der Waals surface area (Å²) >= 11 is 5.71. The molecule has 1 atom stereocenters. The number of carboxylic acids is 1. The predicted molar refractivity (Wildman–Crippen MR) is 78.2 cm³/mol. The van der Waals surface area contributed by atoms with Gasteiger partial charge >= 0.3 is 5.97 Å². The van der Waals surface area contributed by atoms with Gasteiger partial charge in [-0.25, -0.2) is 4.79 Å². The van der Waals surface area contributed by atoms with Crippen molar-refractivity contribution in [1.29, 1.82) is 0 Å². The molecule has 1 aromatic rings. The van der Waals surface area contributed by atoms with E-state index in [1.54, 1.807) is 26.0 Å². The lowest BCUT2D eigenvalue weighted by atomic mass is 10.1. The molecule has 114 valence electrons. The molecule has 1 aromatic carbocycles. The molecule has 1 rings (SSSR count). The highest BCUT2D eigenvalue weighted by molar-refractivity contribution is 6.30. The van der Waals surface area contributed by atoms with E-state index in [1.807, 2.05) is 0 Å². The number of hydrogen-bond acceptors (Lipinski definition) is 3. The fraction of sp³-hybridized carbons (Fsp3) is 0.357. The van der Waals surface area contributed by atoms with Crippen molar-refractivity contribution in [3.8, 4) is 0 Å². The van der Waals surface area contributed by atoms with Crippen LogP contribution in [-0.4, -0.2) is 35.5 Å². The highest BCUT2D eigenvalue weighted by atomic mass is 35.5. The molecule has 0 unspecified atom stereocenters. The molecule has 0 spiro atoms. The van der Waals surface area contributed by atoms with Crippen molar-refractivity contribution in [3.63, 3.8) is 0 Å². The number of carboxylic acid groups (broad SMARTS) is 1. The third-order valence-corrected chi connectivity index (χ3v) is 3.02. The van der Waals surface area contributed by atoms with E-state index in [0.29, 0.717) is 10.6 Å². The first-order chi connectivity index (χ1) is 9.81. The standard InChI is InChI=1S/C14H17ClN2O4/c1-8(2)12(14(20)21)17-11(18)7-16-13(19)9-3-5-10(15)6-4-9/h3-6,8,12H,7H2,1-2H3,(H,16,19)(H,17,18)(H,20,21)/t12-/m0/s1. The van der Waals surface area contributed by atoms with E-state index in [9.17, 15) is 14.4 Å². The van der Waals surface area contributed by atoms with Gasteiger partial charge in [-0.2, -0.15) is 0 Å². The van der Waals surface area contributed by atoms with Crippen molar-refractivity contribution < 1.29 is 19.5 Å². The Morgan fingerprint density at radius 3 is 2.24 bits per heavy atom. The number of hydrogen-bond donors (Lipinski definition) is 3. The average Bonchev–Trinajstić information content (AvgIpc) is 2.42. The van der Waals surface area contributed by atoms with Crippen molar-refractivity contribution in [2.75, 3.05) is 6.54 Å². The fourth-order valence-corrected chi connectivity index (χ4v) is 1.73. The van der Waals surface area contributed by atoms with Crippen LogP contribution in [0.1, 0.15) is 24.2 Å². The first kappa shape index (κ1) is 17.0. The Hall–Kier alpha value is -2.08. The van der Waals surface area contributed by atoms with Gasteiger partial charge in [0.05, 0.1) is 6.54 Å². The smallest absolute Gasteiger partial charge is 0.326 e. The number of amides is 2. The van der Waals surface area contributed by atoms with Crippen LogP contribution in [0.5, 0.6) is 0 Å². The quantitative estimate of drug-likeness (QED) is 0.737. The largest absolute Gasteiger partial charge is 0.480 e. The Morgan fingerprint density at radius 1 is 1.19 bits per heavy atom. The molecule has 0 fully saturated rings. The maximum absolute atomic E-state index is 11.8. The Bertz CT molecular complexity index is 528. The zero-order chi connectivity index (χ0) is 16.0. The van der Waals surface area contributed by atoms with Gasteiger partial charge in [0.25, 0.3) is 5.91 Å². The molecule has 3 N–H and O–H groups in total. The van der Waals surface area contributed by atoms with E-state index in [-0.39, 0.29) is 12.5 Å². The molecule has 0 saturated carbocycles. The minimum atomic E-state index is -1.11. The zero-order valence-corrected chi connectivity index (χ0v) is 12.5. The number of carbonyl (C=O) groups is 3. The van der Waals surface area contributed by atoms with E-state index in [1.165, 1.54) is 12.1 Å². The van der Waals surface area contributed by atoms with Gasteiger partial charge < -0.3 is 15.7 Å². The minimum absolute atomic E-state index is 0.251. The predicted octanol–water partition coefficient (Wildman–Crippen LogP) is 1.30. The van der Waals surface area contributed by atoms with Crippen LogP contribution in [0.25, 0.3) is 0 Å². The first-order valence-electron chi connectivity index (χ1n) is 6.37. The van der Waals surface area contributed by atoms with Gasteiger partial charge in [-0.05, 0) is 30.2 Å². The zero-order valence-electron chi connectivity index (χ0n) is 11.7. The van der Waals surface area contributed by atoms with Crippen LogP contribution in [0.3, 0.4) is 0 Å². The van der Waals surface area contributed by atoms with Gasteiger partial charge in [-0.3, -0.25) is 9.59 Å². The van der Waals surface area contributed by atoms with E-state index < -0.39 is 23.8 Å². The Kier molecular flexibility index (Phi) is 6.17. The monoisotopic (exact) mass is 312 g/mol. The molecule has 7 heteroatoms. The molecule has 6 nitrogen and oxygen atoms in total. The van der Waals surface area contributed by atoms with E-state index in [0.717, 1.165) is 0 Å². The van der Waals surface area contributed by atoms with Crippen LogP contribution < -0.4 is 10.6 Å². The van der Waals surface area contributed by atoms with E-state index in [2.05, 4.69) is 10.6 Å². The summed E-state index contributed by atoms with van der Waals surface area (Å²) in [6, 6.07) is 5.21. The van der Waals surface area contributed by atoms with Crippen LogP contribution in [0, 0.1) is 5.92 Å². The fourth-order valence-electron chi connectivity index (χ4n) is 1.60. The van der Waals surface area contributed by atoms with Crippen LogP contribution in [0.2, 0.25) is 5.02 Å². The molecule has 2 amide bonds. The van der Waals surface area contributed by atoms with Gasteiger partial charge in [0.1, 0.15) is 6.04 Å². The number of benzene rings is 1. The Balaban J connectivity index is 2.51. The molecule has 0 aliphatic rings. The summed E-state index contributed by atoms with van der Waals surface area (Å²) in [5.74, 6) is -2.35. The molecule has 0 aromatic heterocycles. The van der Waals surface area contributed by atoms with Crippen molar-refractivity contribution in [3.05, 3.63) is 34.9 Å². The Labute approximate surface area is 127 Å². The third-order valence-electron chi connectivity index (χ3n) is 2.77. The number of aliphatic carboxylic acids is 1. The maximum Gasteiger partial charge on any atom is 0.326 e. The molecule has 0 bridgehead atoms. The highest BCUT2D eigenvalue weighted by Crippen LogP contribution is 2.09. The van der Waals surface area contributed by atoms with Crippen molar-refractivity contribution in [1.82, 2.24) is 10.6 Å². The van der Waals surface area contributed by atoms with Crippen LogP contribution >= 0.6 is 11.6 Å². The molecule has 0 aliphatic carbocycles. The topological polar surface area (TPSA) is 95.5 Å². The van der Waals surface area contributed by atoms with Gasteiger partial charge in [-0.15, -0.1) is 0 Å². The number of carbonyl (C=O) groups excluding carboxylic acids is 2. The lowest BCUT2D eigenvalue weighted by molar-refractivity contribution is -0.142. The summed E-state index contributed by atoms with van der Waals surface area (Å²) in [5.41, 5.74) is 0.367. The van der Waals surface area contributed by atoms with Crippen LogP contribution in [-0.2, 0) is 9.59 Å². The molecule has 21 heavy (non-hydrogen) atoms. The number of halogens is 1. The van der Waals surface area contributed by atoms with Crippen molar-refractivity contribution in [2.24, 2.45) is 5.92 Å². The van der Waals surface area contributed by atoms with E-state index >= 15 is 0 Å². The second-order valence-corrected chi connectivity index (χ2v) is 5.25. The molecule has 0 saturated heterocycles. The maximum atomic E-state index is 11.8. The normalized spacial score (nSPS) is 11.8. The van der Waals surface area contributed by atoms with Crippen LogP contribution in [0.15, 0.2) is 24.3 Å². The molecular formula is C14H17ClN2O4. The average molecular weight is 313 g/mol. The van der Waals surface area contributed by atoms with Crippen LogP contribution in [0.4, 0.5) is 0 Å². The summed E-state index contributed by atoms with van der Waals surface area (Å²) < 4.78 is 0. The summed E-state index contributed by atoms with van der Waals surface area (Å²) in [6.07, 6.45) is 0. The van der Waals surface area contributed by atoms with Crippen molar-refractivity contribution in [2.45, 2.75) is 19.9 Å². The Morgan fingerprint density at radius 2 is 1.76 bits per heavy atom. The SMILES string of the molecule is CC(C)[C@H](NC(=O)CNC(=O)c1ccc(Cl)cc1)C(=O)O. The first-order valence-corrected chi connectivity index (χ1v) is 6.75. The third kappa shape index (κ3) is 5.43. The van der Waals surface area contributed by atoms with E-state index in [4.69, 9.17) is 16.7 Å². The summed E-state index contributed by atoms with van der Waals surface area (Å²) in [5, 5.41) is 14.2. The molecule has 0 aliphatic heterocycles. The second-order valence-electron chi connectivity index (χ2n) is 4.82. The number of rotatable bonds is 6. The minimum Gasteiger partial charge on any atom is -0.480 e. The highest BCUT2D eigenvalue weighted by Gasteiger charge is 2.23. The van der Waals surface area contributed by atoms with Gasteiger partial charge in [0.15, 0.2) is 0 Å². The summed E-state index contributed by atoms with van der Waals surface area (Å²) in [4.78, 5) is 34.4. The van der Waals surface area contributed by atoms with Gasteiger partial charge in [0, 0.05) is 10.6 Å². The molecule has 0 radical (unpaired) electrons. The lowest BCUT2D eigenvalue weighted by Gasteiger charge is -2.17. The summed E-state index contributed by atoms with van der Waals surface area (Å²) in [7, 11) is 0. The second kappa shape index (κ2) is 7.64.